The maximum absolute atomic E-state index is 2.55. The van der Waals surface area contributed by atoms with Gasteiger partial charge in [-0.1, -0.05) is 124 Å². The lowest BCUT2D eigenvalue weighted by atomic mass is 9.85. The molecule has 8 rings (SSSR count). The third-order valence-corrected chi connectivity index (χ3v) is 13.1. The van der Waals surface area contributed by atoms with E-state index in [4.69, 9.17) is 0 Å². The van der Waals surface area contributed by atoms with Crippen molar-refractivity contribution < 1.29 is 0 Å². The molecule has 0 aliphatic carbocycles. The summed E-state index contributed by atoms with van der Waals surface area (Å²) in [6.07, 6.45) is 0. The third-order valence-electron chi connectivity index (χ3n) is 9.06. The van der Waals surface area contributed by atoms with Crippen LogP contribution in [-0.2, 0) is 0 Å². The fourth-order valence-electron chi connectivity index (χ4n) is 7.76. The quantitative estimate of drug-likeness (QED) is 0.115. The summed E-state index contributed by atoms with van der Waals surface area (Å²) in [6.45, 7) is 15.3. The van der Waals surface area contributed by atoms with Crippen LogP contribution in [0.1, 0.15) is 0 Å². The summed E-state index contributed by atoms with van der Waals surface area (Å²) in [7, 11) is -3.66. The summed E-state index contributed by atoms with van der Waals surface area (Å²) in [5.41, 5.74) is 0. The van der Waals surface area contributed by atoms with Gasteiger partial charge < -0.3 is 0 Å². The molecule has 0 atom stereocenters. The zero-order valence-electron chi connectivity index (χ0n) is 24.2. The Morgan fingerprint density at radius 2 is 0.675 bits per heavy atom. The fourth-order valence-corrected chi connectivity index (χ4v) is 11.8. The van der Waals surface area contributed by atoms with Crippen LogP contribution >= 0.6 is 0 Å². The monoisotopic (exact) mass is 546 g/mol. The lowest BCUT2D eigenvalue weighted by Gasteiger charge is -2.31. The maximum Gasteiger partial charge on any atom is 0.0792 e. The molecule has 0 nitrogen and oxygen atoms in total. The van der Waals surface area contributed by atoms with Crippen molar-refractivity contribution in [3.8, 4) is 0 Å². The molecule has 0 spiro atoms. The van der Waals surface area contributed by atoms with Gasteiger partial charge in [0.1, 0.15) is 0 Å². The van der Waals surface area contributed by atoms with Crippen molar-refractivity contribution in [2.75, 3.05) is 0 Å². The molecule has 0 radical (unpaired) electrons. The van der Waals surface area contributed by atoms with E-state index in [9.17, 15) is 0 Å². The van der Waals surface area contributed by atoms with Crippen LogP contribution in [0.25, 0.3) is 75.4 Å². The SMILES string of the molecule is C[Si](C)(C)c1c2cccc3cc4ccccc4c(c4c([Si](C)(C)C)c5cccc6cc7ccccc7c(c14)c65)c32. The van der Waals surface area contributed by atoms with Crippen molar-refractivity contribution in [2.24, 2.45) is 0 Å². The van der Waals surface area contributed by atoms with Crippen molar-refractivity contribution in [3.63, 3.8) is 0 Å². The maximum atomic E-state index is 2.55. The lowest BCUT2D eigenvalue weighted by Crippen LogP contribution is -2.42. The van der Waals surface area contributed by atoms with E-state index in [1.165, 1.54) is 75.4 Å². The third kappa shape index (κ3) is 3.12. The van der Waals surface area contributed by atoms with Gasteiger partial charge in [0, 0.05) is 0 Å². The molecule has 0 aliphatic heterocycles. The topological polar surface area (TPSA) is 0 Å². The molecule has 0 bridgehead atoms. The summed E-state index contributed by atoms with van der Waals surface area (Å²) in [5, 5.41) is 23.3. The normalized spacial score (nSPS) is 13.2. The second-order valence-electron chi connectivity index (χ2n) is 13.8. The summed E-state index contributed by atoms with van der Waals surface area (Å²) < 4.78 is 0. The van der Waals surface area contributed by atoms with Crippen LogP contribution in [0.5, 0.6) is 0 Å². The van der Waals surface area contributed by atoms with Crippen molar-refractivity contribution in [1.82, 2.24) is 0 Å². The van der Waals surface area contributed by atoms with Gasteiger partial charge in [0.2, 0.25) is 0 Å². The lowest BCUT2D eigenvalue weighted by molar-refractivity contribution is 1.74. The number of rotatable bonds is 2. The molecule has 0 saturated carbocycles. The zero-order valence-corrected chi connectivity index (χ0v) is 26.2. The second kappa shape index (κ2) is 7.93. The van der Waals surface area contributed by atoms with Gasteiger partial charge in [0.25, 0.3) is 0 Å². The Kier molecular flexibility index (Phi) is 4.78. The first-order chi connectivity index (χ1) is 19.1. The van der Waals surface area contributed by atoms with E-state index in [0.29, 0.717) is 0 Å². The molecule has 0 aromatic heterocycles. The van der Waals surface area contributed by atoms with Gasteiger partial charge in [0.05, 0.1) is 16.1 Å². The highest BCUT2D eigenvalue weighted by molar-refractivity contribution is 6.96. The molecular weight excluding hydrogens is 513 g/mol. The molecule has 194 valence electrons. The van der Waals surface area contributed by atoms with Crippen LogP contribution in [0.15, 0.2) is 97.1 Å². The van der Waals surface area contributed by atoms with E-state index in [0.717, 1.165) is 0 Å². The standard InChI is InChI=1S/C38H34Si2/c1-39(2,3)37-29-19-11-15-25-21-24-14-8-10-18-28(24)34(31(25)29)36-35(37)33-27-17-9-7-13-23(27)22-26-16-12-20-30(32(26)33)38(36)40(4,5)6/h7-22H,1-6H3. The summed E-state index contributed by atoms with van der Waals surface area (Å²) in [5.74, 6) is 0. The van der Waals surface area contributed by atoms with Crippen molar-refractivity contribution in [1.29, 1.82) is 0 Å². The minimum absolute atomic E-state index is 1.34. The van der Waals surface area contributed by atoms with Gasteiger partial charge in [-0.2, -0.15) is 0 Å². The van der Waals surface area contributed by atoms with Gasteiger partial charge >= 0.3 is 0 Å². The van der Waals surface area contributed by atoms with Crippen LogP contribution in [-0.4, -0.2) is 16.1 Å². The Morgan fingerprint density at radius 1 is 0.325 bits per heavy atom. The number of hydrogen-bond donors (Lipinski definition) is 0. The van der Waals surface area contributed by atoms with E-state index in [2.05, 4.69) is 136 Å². The summed E-state index contributed by atoms with van der Waals surface area (Å²) >= 11 is 0. The zero-order chi connectivity index (χ0) is 27.6. The predicted octanol–water partition coefficient (Wildman–Crippen LogP) is 10.3. The highest BCUT2D eigenvalue weighted by atomic mass is 28.3. The van der Waals surface area contributed by atoms with Crippen LogP contribution < -0.4 is 10.4 Å². The van der Waals surface area contributed by atoms with E-state index < -0.39 is 16.1 Å². The highest BCUT2D eigenvalue weighted by Gasteiger charge is 2.32. The van der Waals surface area contributed by atoms with E-state index in [1.54, 1.807) is 10.4 Å². The van der Waals surface area contributed by atoms with Gasteiger partial charge in [0.15, 0.2) is 0 Å². The minimum Gasteiger partial charge on any atom is -0.0656 e. The van der Waals surface area contributed by atoms with Gasteiger partial charge in [-0.25, -0.2) is 0 Å². The largest absolute Gasteiger partial charge is 0.0792 e. The number of fused-ring (bicyclic) bond motifs is 7. The van der Waals surface area contributed by atoms with Crippen LogP contribution in [0.2, 0.25) is 39.3 Å². The minimum atomic E-state index is -1.83. The van der Waals surface area contributed by atoms with Crippen molar-refractivity contribution >= 4 is 102 Å². The number of benzene rings is 8. The molecule has 8 aromatic carbocycles. The molecular formula is C38H34Si2. The Balaban J connectivity index is 1.92. The number of hydrogen-bond acceptors (Lipinski definition) is 0. The fraction of sp³-hybridized carbons (Fsp3) is 0.158. The van der Waals surface area contributed by atoms with Gasteiger partial charge in [-0.05, 0) is 97.9 Å². The average Bonchev–Trinajstić information content (AvgIpc) is 2.91. The highest BCUT2D eigenvalue weighted by Crippen LogP contribution is 2.45. The van der Waals surface area contributed by atoms with Crippen molar-refractivity contribution in [2.45, 2.75) is 39.3 Å². The molecule has 0 fully saturated rings. The molecule has 8 aromatic rings. The summed E-state index contributed by atoms with van der Waals surface area (Å²) in [6, 6.07) is 37.1. The van der Waals surface area contributed by atoms with Crippen LogP contribution in [0, 0.1) is 0 Å². The van der Waals surface area contributed by atoms with Crippen molar-refractivity contribution in [3.05, 3.63) is 97.1 Å². The first kappa shape index (κ1) is 24.1. The predicted molar refractivity (Wildman–Crippen MR) is 186 cm³/mol. The van der Waals surface area contributed by atoms with Crippen LogP contribution in [0.4, 0.5) is 0 Å². The first-order valence-corrected chi connectivity index (χ1v) is 21.5. The Labute approximate surface area is 237 Å². The Hall–Kier alpha value is -3.73. The Bertz CT molecular complexity index is 2160. The molecule has 2 heteroatoms. The molecule has 0 aliphatic rings. The van der Waals surface area contributed by atoms with E-state index >= 15 is 0 Å². The van der Waals surface area contributed by atoms with Gasteiger partial charge in [-0.3, -0.25) is 0 Å². The summed E-state index contributed by atoms with van der Waals surface area (Å²) in [4.78, 5) is 0. The molecule has 0 N–H and O–H groups in total. The van der Waals surface area contributed by atoms with E-state index in [-0.39, 0.29) is 0 Å². The molecule has 0 saturated heterocycles. The smallest absolute Gasteiger partial charge is 0.0656 e. The molecule has 0 amide bonds. The van der Waals surface area contributed by atoms with E-state index in [1.807, 2.05) is 0 Å². The Morgan fingerprint density at radius 3 is 1.07 bits per heavy atom. The van der Waals surface area contributed by atoms with Gasteiger partial charge in [-0.15, -0.1) is 0 Å². The van der Waals surface area contributed by atoms with Crippen LogP contribution in [0.3, 0.4) is 0 Å². The average molecular weight is 547 g/mol. The molecule has 40 heavy (non-hydrogen) atoms. The first-order valence-electron chi connectivity index (χ1n) is 14.5. The molecule has 0 unspecified atom stereocenters. The molecule has 0 heterocycles. The second-order valence-corrected chi connectivity index (χ2v) is 23.8.